The highest BCUT2D eigenvalue weighted by Gasteiger charge is 2.26. The second-order valence-electron chi connectivity index (χ2n) is 4.72. The van der Waals surface area contributed by atoms with Gasteiger partial charge in [0.2, 0.25) is 0 Å². The fraction of sp³-hybridized carbons (Fsp3) is 0.583. The summed E-state index contributed by atoms with van der Waals surface area (Å²) in [6, 6.07) is 1.93. The van der Waals surface area contributed by atoms with E-state index in [2.05, 4.69) is 40.1 Å². The molecule has 1 N–H and O–H groups in total. The molecule has 5 heteroatoms. The number of likely N-dealkylation sites (tertiary alicyclic amines) is 1. The van der Waals surface area contributed by atoms with Gasteiger partial charge >= 0.3 is 0 Å². The number of hydrogen-bond acceptors (Lipinski definition) is 3. The molecule has 2 atom stereocenters. The first-order chi connectivity index (χ1) is 8.08. The predicted molar refractivity (Wildman–Crippen MR) is 68.9 cm³/mol. The van der Waals surface area contributed by atoms with Gasteiger partial charge in [0.05, 0.1) is 11.8 Å². The molecule has 1 saturated heterocycles. The Hall–Kier alpha value is -0.810. The number of nitrogens with one attached hydrogen (secondary N) is 1. The maximum absolute atomic E-state index is 12.0. The molecular formula is C12H17BrN2O2. The van der Waals surface area contributed by atoms with Crippen molar-refractivity contribution in [3.8, 4) is 0 Å². The van der Waals surface area contributed by atoms with Crippen LogP contribution in [0.5, 0.6) is 0 Å². The molecule has 0 saturated carbocycles. The Balaban J connectivity index is 1.97. The average molecular weight is 301 g/mol. The van der Waals surface area contributed by atoms with Crippen LogP contribution in [-0.4, -0.2) is 37.0 Å². The van der Waals surface area contributed by atoms with Crippen LogP contribution in [-0.2, 0) is 0 Å². The van der Waals surface area contributed by atoms with Gasteiger partial charge in [-0.3, -0.25) is 4.79 Å². The van der Waals surface area contributed by atoms with Crippen molar-refractivity contribution in [1.29, 1.82) is 0 Å². The Morgan fingerprint density at radius 2 is 2.41 bits per heavy atom. The Labute approximate surface area is 109 Å². The molecule has 1 fully saturated rings. The summed E-state index contributed by atoms with van der Waals surface area (Å²) < 4.78 is 5.56. The Morgan fingerprint density at radius 3 is 3.00 bits per heavy atom. The van der Waals surface area contributed by atoms with Crippen LogP contribution in [0.4, 0.5) is 0 Å². The topological polar surface area (TPSA) is 45.5 Å². The van der Waals surface area contributed by atoms with Gasteiger partial charge in [0.25, 0.3) is 5.91 Å². The molecular weight excluding hydrogens is 284 g/mol. The zero-order valence-electron chi connectivity index (χ0n) is 10.1. The number of piperidine rings is 1. The normalized spacial score (nSPS) is 25.8. The molecule has 4 nitrogen and oxygen atoms in total. The number of carbonyl (C=O) groups excluding carboxylic acids is 1. The third-order valence-electron chi connectivity index (χ3n) is 3.29. The van der Waals surface area contributed by atoms with Gasteiger partial charge in [-0.05, 0) is 47.9 Å². The van der Waals surface area contributed by atoms with E-state index in [0.29, 0.717) is 16.2 Å². The fourth-order valence-electron chi connectivity index (χ4n) is 2.27. The van der Waals surface area contributed by atoms with Gasteiger partial charge in [0.15, 0.2) is 4.67 Å². The zero-order chi connectivity index (χ0) is 12.4. The summed E-state index contributed by atoms with van der Waals surface area (Å²) in [5, 5.41) is 3.08. The smallest absolute Gasteiger partial charge is 0.255 e. The molecule has 0 bridgehead atoms. The average Bonchev–Trinajstić information content (AvgIpc) is 2.68. The number of nitrogens with zero attached hydrogens (tertiary/aromatic N) is 1. The number of amides is 1. The van der Waals surface area contributed by atoms with Gasteiger partial charge in [-0.25, -0.2) is 0 Å². The zero-order valence-corrected chi connectivity index (χ0v) is 11.7. The summed E-state index contributed by atoms with van der Waals surface area (Å²) in [4.78, 5) is 14.3. The molecule has 2 unspecified atom stereocenters. The van der Waals surface area contributed by atoms with Crippen LogP contribution < -0.4 is 5.32 Å². The third kappa shape index (κ3) is 2.90. The minimum Gasteiger partial charge on any atom is -0.457 e. The van der Waals surface area contributed by atoms with E-state index in [4.69, 9.17) is 4.42 Å². The lowest BCUT2D eigenvalue weighted by atomic mass is 9.94. The SMILES string of the molecule is CC1CN(C)CCC1NC(=O)c1ccoc1Br. The van der Waals surface area contributed by atoms with Crippen LogP contribution in [0, 0.1) is 5.92 Å². The van der Waals surface area contributed by atoms with Crippen molar-refractivity contribution in [3.05, 3.63) is 22.6 Å². The summed E-state index contributed by atoms with van der Waals surface area (Å²) in [5.74, 6) is 0.412. The summed E-state index contributed by atoms with van der Waals surface area (Å²) >= 11 is 3.22. The van der Waals surface area contributed by atoms with Crippen molar-refractivity contribution in [2.75, 3.05) is 20.1 Å². The third-order valence-corrected chi connectivity index (χ3v) is 3.90. The first-order valence-corrected chi connectivity index (χ1v) is 6.59. The van der Waals surface area contributed by atoms with Crippen molar-refractivity contribution in [3.63, 3.8) is 0 Å². The van der Waals surface area contributed by atoms with Gasteiger partial charge in [-0.2, -0.15) is 0 Å². The standard InChI is InChI=1S/C12H17BrN2O2/c1-8-7-15(2)5-3-10(8)14-12(16)9-4-6-17-11(9)13/h4,6,8,10H,3,5,7H2,1-2H3,(H,14,16). The second kappa shape index (κ2) is 5.23. The molecule has 2 rings (SSSR count). The molecule has 0 spiro atoms. The van der Waals surface area contributed by atoms with E-state index < -0.39 is 0 Å². The number of furan rings is 1. The highest BCUT2D eigenvalue weighted by atomic mass is 79.9. The summed E-state index contributed by atoms with van der Waals surface area (Å²) in [6.07, 6.45) is 2.51. The van der Waals surface area contributed by atoms with E-state index in [1.165, 1.54) is 6.26 Å². The molecule has 17 heavy (non-hydrogen) atoms. The number of halogens is 1. The molecule has 1 aliphatic rings. The summed E-state index contributed by atoms with van der Waals surface area (Å²) in [6.45, 7) is 4.23. The Morgan fingerprint density at radius 1 is 1.65 bits per heavy atom. The Kier molecular flexibility index (Phi) is 3.89. The maximum atomic E-state index is 12.0. The minimum absolute atomic E-state index is 0.0629. The van der Waals surface area contributed by atoms with Gasteiger partial charge in [-0.15, -0.1) is 0 Å². The number of carbonyl (C=O) groups is 1. The van der Waals surface area contributed by atoms with Crippen molar-refractivity contribution < 1.29 is 9.21 Å². The van der Waals surface area contributed by atoms with E-state index in [1.807, 2.05) is 0 Å². The van der Waals surface area contributed by atoms with E-state index in [9.17, 15) is 4.79 Å². The summed E-state index contributed by atoms with van der Waals surface area (Å²) in [7, 11) is 2.11. The first-order valence-electron chi connectivity index (χ1n) is 5.80. The van der Waals surface area contributed by atoms with Crippen LogP contribution in [0.1, 0.15) is 23.7 Å². The molecule has 0 aliphatic carbocycles. The lowest BCUT2D eigenvalue weighted by Gasteiger charge is -2.35. The van der Waals surface area contributed by atoms with Gasteiger partial charge < -0.3 is 14.6 Å². The second-order valence-corrected chi connectivity index (χ2v) is 5.44. The minimum atomic E-state index is -0.0629. The van der Waals surface area contributed by atoms with Gasteiger partial charge in [0.1, 0.15) is 0 Å². The lowest BCUT2D eigenvalue weighted by Crippen LogP contribution is -2.48. The van der Waals surface area contributed by atoms with E-state index >= 15 is 0 Å². The van der Waals surface area contributed by atoms with Gasteiger partial charge in [0, 0.05) is 12.6 Å². The maximum Gasteiger partial charge on any atom is 0.255 e. The Bertz CT molecular complexity index is 405. The van der Waals surface area contributed by atoms with Crippen LogP contribution in [0.15, 0.2) is 21.4 Å². The highest BCUT2D eigenvalue weighted by molar-refractivity contribution is 9.10. The molecule has 94 valence electrons. The molecule has 0 radical (unpaired) electrons. The molecule has 1 aromatic rings. The largest absolute Gasteiger partial charge is 0.457 e. The first kappa shape index (κ1) is 12.6. The van der Waals surface area contributed by atoms with Crippen LogP contribution in [0.25, 0.3) is 0 Å². The molecule has 0 aromatic carbocycles. The van der Waals surface area contributed by atoms with Crippen molar-refractivity contribution in [1.82, 2.24) is 10.2 Å². The highest BCUT2D eigenvalue weighted by Crippen LogP contribution is 2.20. The lowest BCUT2D eigenvalue weighted by molar-refractivity contribution is 0.0882. The molecule has 1 aromatic heterocycles. The molecule has 1 amide bonds. The quantitative estimate of drug-likeness (QED) is 0.910. The number of hydrogen-bond donors (Lipinski definition) is 1. The van der Waals surface area contributed by atoms with Crippen molar-refractivity contribution in [2.24, 2.45) is 5.92 Å². The number of rotatable bonds is 2. The molecule has 2 heterocycles. The van der Waals surface area contributed by atoms with Crippen LogP contribution >= 0.6 is 15.9 Å². The van der Waals surface area contributed by atoms with E-state index in [-0.39, 0.29) is 11.9 Å². The van der Waals surface area contributed by atoms with Gasteiger partial charge in [-0.1, -0.05) is 6.92 Å². The predicted octanol–water partition coefficient (Wildman–Crippen LogP) is 2.11. The fourth-order valence-corrected chi connectivity index (χ4v) is 2.69. The summed E-state index contributed by atoms with van der Waals surface area (Å²) in [5.41, 5.74) is 0.566. The van der Waals surface area contributed by atoms with Crippen molar-refractivity contribution >= 4 is 21.8 Å². The van der Waals surface area contributed by atoms with E-state index in [1.54, 1.807) is 6.07 Å². The van der Waals surface area contributed by atoms with Crippen LogP contribution in [0.3, 0.4) is 0 Å². The molecule has 1 aliphatic heterocycles. The monoisotopic (exact) mass is 300 g/mol. The van der Waals surface area contributed by atoms with E-state index in [0.717, 1.165) is 19.5 Å². The van der Waals surface area contributed by atoms with Crippen LogP contribution in [0.2, 0.25) is 0 Å². The van der Waals surface area contributed by atoms with Crippen molar-refractivity contribution in [2.45, 2.75) is 19.4 Å².